The van der Waals surface area contributed by atoms with E-state index in [4.69, 9.17) is 24.3 Å². The summed E-state index contributed by atoms with van der Waals surface area (Å²) in [6.45, 7) is 3.63. The lowest BCUT2D eigenvalue weighted by Gasteiger charge is -2.19. The number of hydrogen-bond acceptors (Lipinski definition) is 8. The summed E-state index contributed by atoms with van der Waals surface area (Å²) < 4.78 is 33.0. The van der Waals surface area contributed by atoms with Crippen LogP contribution < -0.4 is 5.73 Å². The molecule has 68 heavy (non-hydrogen) atoms. The van der Waals surface area contributed by atoms with Gasteiger partial charge in [0.1, 0.15) is 6.61 Å². The van der Waals surface area contributed by atoms with Crippen LogP contribution in [0.15, 0.2) is 72.9 Å². The largest absolute Gasteiger partial charge is 0.472 e. The monoisotopic (exact) mass is 974 g/mol. The maximum Gasteiger partial charge on any atom is 0.472 e. The van der Waals surface area contributed by atoms with Crippen molar-refractivity contribution in [3.8, 4) is 0 Å². The lowest BCUT2D eigenvalue weighted by Crippen LogP contribution is -2.29. The van der Waals surface area contributed by atoms with E-state index in [1.165, 1.54) is 128 Å². The molecule has 0 saturated carbocycles. The van der Waals surface area contributed by atoms with Crippen LogP contribution in [0.2, 0.25) is 0 Å². The van der Waals surface area contributed by atoms with Crippen LogP contribution in [0.25, 0.3) is 0 Å². The van der Waals surface area contributed by atoms with Crippen LogP contribution in [0, 0.1) is 0 Å². The van der Waals surface area contributed by atoms with Crippen molar-refractivity contribution in [2.45, 2.75) is 258 Å². The van der Waals surface area contributed by atoms with Gasteiger partial charge in [0.25, 0.3) is 0 Å². The van der Waals surface area contributed by atoms with Gasteiger partial charge in [-0.3, -0.25) is 18.6 Å². The van der Waals surface area contributed by atoms with E-state index in [-0.39, 0.29) is 38.6 Å². The molecule has 3 N–H and O–H groups in total. The molecular formula is C58H104NO8P. The Labute approximate surface area is 418 Å². The average molecular weight is 974 g/mol. The Morgan fingerprint density at radius 1 is 0.456 bits per heavy atom. The van der Waals surface area contributed by atoms with Gasteiger partial charge in [0.05, 0.1) is 13.2 Å². The van der Waals surface area contributed by atoms with E-state index in [9.17, 15) is 19.0 Å². The van der Waals surface area contributed by atoms with Gasteiger partial charge in [-0.1, -0.05) is 228 Å². The second kappa shape index (κ2) is 53.8. The van der Waals surface area contributed by atoms with Crippen LogP contribution in [0.4, 0.5) is 0 Å². The molecule has 2 unspecified atom stereocenters. The molecule has 0 aromatic carbocycles. The van der Waals surface area contributed by atoms with Gasteiger partial charge >= 0.3 is 19.8 Å². The molecule has 0 aliphatic carbocycles. The minimum absolute atomic E-state index is 0.0509. The summed E-state index contributed by atoms with van der Waals surface area (Å²) in [5, 5.41) is 0. The summed E-state index contributed by atoms with van der Waals surface area (Å²) >= 11 is 0. The fourth-order valence-corrected chi connectivity index (χ4v) is 8.48. The second-order valence-corrected chi connectivity index (χ2v) is 19.9. The molecule has 10 heteroatoms. The van der Waals surface area contributed by atoms with Crippen molar-refractivity contribution in [3.63, 3.8) is 0 Å². The number of hydrogen-bond donors (Lipinski definition) is 2. The highest BCUT2D eigenvalue weighted by Crippen LogP contribution is 2.43. The van der Waals surface area contributed by atoms with Crippen molar-refractivity contribution in [1.82, 2.24) is 0 Å². The predicted octanol–water partition coefficient (Wildman–Crippen LogP) is 17.3. The fraction of sp³-hybridized carbons (Fsp3) is 0.759. The first-order valence-corrected chi connectivity index (χ1v) is 29.4. The third-order valence-corrected chi connectivity index (χ3v) is 12.8. The molecule has 0 radical (unpaired) electrons. The Hall–Kier alpha value is -2.55. The van der Waals surface area contributed by atoms with Crippen LogP contribution in [0.5, 0.6) is 0 Å². The number of esters is 2. The first-order valence-electron chi connectivity index (χ1n) is 27.9. The van der Waals surface area contributed by atoms with Gasteiger partial charge in [0.2, 0.25) is 0 Å². The van der Waals surface area contributed by atoms with E-state index in [0.29, 0.717) is 6.42 Å². The molecule has 0 aromatic rings. The van der Waals surface area contributed by atoms with Crippen molar-refractivity contribution in [2.24, 2.45) is 5.73 Å². The highest BCUT2D eigenvalue weighted by atomic mass is 31.2. The molecule has 2 atom stereocenters. The average Bonchev–Trinajstić information content (AvgIpc) is 3.33. The number of rotatable bonds is 52. The Morgan fingerprint density at radius 2 is 0.809 bits per heavy atom. The lowest BCUT2D eigenvalue weighted by atomic mass is 10.0. The number of phosphoric acid groups is 1. The molecule has 9 nitrogen and oxygen atoms in total. The molecule has 0 aliphatic rings. The maximum atomic E-state index is 12.7. The van der Waals surface area contributed by atoms with Gasteiger partial charge in [-0.25, -0.2) is 4.57 Å². The second-order valence-electron chi connectivity index (χ2n) is 18.4. The van der Waals surface area contributed by atoms with Gasteiger partial charge in [0, 0.05) is 19.4 Å². The van der Waals surface area contributed by atoms with Gasteiger partial charge in [-0.15, -0.1) is 0 Å². The smallest absolute Gasteiger partial charge is 0.462 e. The topological polar surface area (TPSA) is 134 Å². The van der Waals surface area contributed by atoms with E-state index < -0.39 is 26.5 Å². The molecule has 0 saturated heterocycles. The van der Waals surface area contributed by atoms with Crippen molar-refractivity contribution < 1.29 is 37.6 Å². The highest BCUT2D eigenvalue weighted by molar-refractivity contribution is 7.47. The van der Waals surface area contributed by atoms with Crippen molar-refractivity contribution in [2.75, 3.05) is 26.4 Å². The normalized spacial score (nSPS) is 13.6. The SMILES string of the molecule is CC/C=C\C/C=C\C/C=C\C/C=C\C/C=C\CCCCCCCCCCCCCCCCCC(=O)OC(COC(=O)CCCCCCC/C=C\CCCCCCCCC)COP(=O)(O)OCCN. The minimum Gasteiger partial charge on any atom is -0.462 e. The molecule has 0 bridgehead atoms. The third kappa shape index (κ3) is 52.8. The summed E-state index contributed by atoms with van der Waals surface area (Å²) in [7, 11) is -4.39. The molecule has 0 amide bonds. The summed E-state index contributed by atoms with van der Waals surface area (Å²) in [4.78, 5) is 35.1. The van der Waals surface area contributed by atoms with E-state index in [2.05, 4.69) is 86.8 Å². The van der Waals surface area contributed by atoms with Gasteiger partial charge in [0.15, 0.2) is 6.10 Å². The van der Waals surface area contributed by atoms with Crippen LogP contribution in [0.1, 0.15) is 251 Å². The predicted molar refractivity (Wildman–Crippen MR) is 289 cm³/mol. The molecule has 0 fully saturated rings. The molecule has 0 spiro atoms. The number of unbranched alkanes of at least 4 members (excludes halogenated alkanes) is 27. The lowest BCUT2D eigenvalue weighted by molar-refractivity contribution is -0.161. The molecule has 0 heterocycles. The Kier molecular flexibility index (Phi) is 51.8. The Bertz CT molecular complexity index is 1340. The zero-order valence-corrected chi connectivity index (χ0v) is 44.7. The van der Waals surface area contributed by atoms with Crippen molar-refractivity contribution in [1.29, 1.82) is 0 Å². The molecule has 394 valence electrons. The van der Waals surface area contributed by atoms with Crippen LogP contribution in [0.3, 0.4) is 0 Å². The fourth-order valence-electron chi connectivity index (χ4n) is 7.72. The van der Waals surface area contributed by atoms with Crippen LogP contribution >= 0.6 is 7.82 Å². The Balaban J connectivity index is 3.95. The van der Waals surface area contributed by atoms with Crippen molar-refractivity contribution >= 4 is 19.8 Å². The molecule has 0 aliphatic heterocycles. The minimum atomic E-state index is -4.39. The first-order chi connectivity index (χ1) is 33.3. The van der Waals surface area contributed by atoms with E-state index in [1.807, 2.05) is 0 Å². The number of nitrogens with two attached hydrogens (primary N) is 1. The zero-order chi connectivity index (χ0) is 49.5. The summed E-state index contributed by atoms with van der Waals surface area (Å²) in [5.41, 5.74) is 5.37. The zero-order valence-electron chi connectivity index (χ0n) is 43.8. The van der Waals surface area contributed by atoms with Gasteiger partial charge < -0.3 is 20.1 Å². The van der Waals surface area contributed by atoms with E-state index in [0.717, 1.165) is 89.9 Å². The van der Waals surface area contributed by atoms with Crippen LogP contribution in [-0.2, 0) is 32.7 Å². The van der Waals surface area contributed by atoms with Crippen molar-refractivity contribution in [3.05, 3.63) is 72.9 Å². The number of carbonyl (C=O) groups is 2. The van der Waals surface area contributed by atoms with E-state index in [1.54, 1.807) is 0 Å². The Morgan fingerprint density at radius 3 is 1.22 bits per heavy atom. The molecule has 0 aromatic heterocycles. The van der Waals surface area contributed by atoms with Gasteiger partial charge in [-0.2, -0.15) is 0 Å². The number of ether oxygens (including phenoxy) is 2. The summed E-state index contributed by atoms with van der Waals surface area (Å²) in [6, 6.07) is 0. The first kappa shape index (κ1) is 65.5. The number of phosphoric ester groups is 1. The molecule has 0 rings (SSSR count). The highest BCUT2D eigenvalue weighted by Gasteiger charge is 2.26. The summed E-state index contributed by atoms with van der Waals surface area (Å²) in [5.74, 6) is -0.833. The maximum absolute atomic E-state index is 12.7. The van der Waals surface area contributed by atoms with E-state index >= 15 is 0 Å². The van der Waals surface area contributed by atoms with Gasteiger partial charge in [-0.05, 0) is 83.5 Å². The third-order valence-electron chi connectivity index (χ3n) is 11.8. The summed E-state index contributed by atoms with van der Waals surface area (Å²) in [6.07, 6.45) is 68.1. The number of carbonyl (C=O) groups excluding carboxylic acids is 2. The van der Waals surface area contributed by atoms with Crippen LogP contribution in [-0.4, -0.2) is 49.3 Å². The number of allylic oxidation sites excluding steroid dienone is 12. The standard InChI is InChI=1S/C58H104NO8P/c1-3-5-7-9-11-13-15-17-19-21-22-23-24-25-26-27-28-29-30-31-32-33-34-35-37-39-41-43-45-47-49-51-58(61)67-56(55-66-68(62,63)65-53-52-59)54-64-57(60)50-48-46-44-42-40-38-36-20-18-16-14-12-10-8-6-4-2/h5,7,11,13,17,19-20,22-23,25-26,36,56H,3-4,6,8-10,12,14-16,18,21,24,27-35,37-55,59H2,1-2H3,(H,62,63)/b7-5-,13-11-,19-17-,23-22-,26-25-,36-20-. The molecular weight excluding hydrogens is 870 g/mol. The quantitative estimate of drug-likeness (QED) is 0.0264.